The minimum absolute atomic E-state index is 0.0420. The highest BCUT2D eigenvalue weighted by atomic mass is 16.5. The third-order valence-electron chi connectivity index (χ3n) is 2.50. The number of rotatable bonds is 3. The van der Waals surface area contributed by atoms with E-state index in [0.717, 1.165) is 30.8 Å². The van der Waals surface area contributed by atoms with Gasteiger partial charge in [-0.05, 0) is 36.6 Å². The van der Waals surface area contributed by atoms with Gasteiger partial charge in [0.15, 0.2) is 5.78 Å². The molecular formula is C12H12O3. The Balaban J connectivity index is 2.27. The van der Waals surface area contributed by atoms with Crippen molar-refractivity contribution in [3.63, 3.8) is 0 Å². The van der Waals surface area contributed by atoms with Crippen LogP contribution in [0, 0.1) is 0 Å². The van der Waals surface area contributed by atoms with Gasteiger partial charge in [0.05, 0.1) is 13.0 Å². The minimum atomic E-state index is -0.127. The van der Waals surface area contributed by atoms with Crippen LogP contribution in [0.1, 0.15) is 28.8 Å². The van der Waals surface area contributed by atoms with Crippen LogP contribution in [0.15, 0.2) is 18.2 Å². The van der Waals surface area contributed by atoms with E-state index < -0.39 is 0 Å². The van der Waals surface area contributed by atoms with E-state index in [4.69, 9.17) is 4.74 Å². The summed E-state index contributed by atoms with van der Waals surface area (Å²) in [4.78, 5) is 21.7. The molecule has 15 heavy (non-hydrogen) atoms. The fourth-order valence-corrected chi connectivity index (χ4v) is 1.73. The standard InChI is InChI=1S/C12H12O3/c13-6-5-11(14)9-3-4-12-10(8-9)2-1-7-15-12/h3-4,6,8H,1-2,5,7H2. The van der Waals surface area contributed by atoms with E-state index in [0.29, 0.717) is 11.8 Å². The van der Waals surface area contributed by atoms with Crippen molar-refractivity contribution in [2.75, 3.05) is 6.61 Å². The number of Topliss-reactive ketones (excluding diaryl/α,β-unsaturated/α-hetero) is 1. The Hall–Kier alpha value is -1.64. The molecule has 1 aromatic carbocycles. The number of hydrogen-bond acceptors (Lipinski definition) is 3. The van der Waals surface area contributed by atoms with Gasteiger partial charge in [-0.25, -0.2) is 0 Å². The number of benzene rings is 1. The molecule has 0 atom stereocenters. The van der Waals surface area contributed by atoms with Crippen LogP contribution in [0.5, 0.6) is 5.75 Å². The molecule has 0 amide bonds. The number of carbonyl (C=O) groups excluding carboxylic acids is 2. The van der Waals surface area contributed by atoms with Crippen LogP contribution < -0.4 is 4.74 Å². The van der Waals surface area contributed by atoms with Crippen LogP contribution >= 0.6 is 0 Å². The summed E-state index contributed by atoms with van der Waals surface area (Å²) in [5, 5.41) is 0. The van der Waals surface area contributed by atoms with Gasteiger partial charge in [0.25, 0.3) is 0 Å². The largest absolute Gasteiger partial charge is 0.493 e. The smallest absolute Gasteiger partial charge is 0.169 e. The van der Waals surface area contributed by atoms with Gasteiger partial charge in [0, 0.05) is 5.56 Å². The Morgan fingerprint density at radius 3 is 3.13 bits per heavy atom. The van der Waals surface area contributed by atoms with Crippen LogP contribution in [0.25, 0.3) is 0 Å². The predicted molar refractivity (Wildman–Crippen MR) is 55.3 cm³/mol. The van der Waals surface area contributed by atoms with Gasteiger partial charge < -0.3 is 9.53 Å². The lowest BCUT2D eigenvalue weighted by atomic mass is 10.0. The topological polar surface area (TPSA) is 43.4 Å². The summed E-state index contributed by atoms with van der Waals surface area (Å²) < 4.78 is 5.44. The van der Waals surface area contributed by atoms with Crippen LogP contribution in [0.4, 0.5) is 0 Å². The van der Waals surface area contributed by atoms with Crippen molar-refractivity contribution in [3.8, 4) is 5.75 Å². The predicted octanol–water partition coefficient (Wildman–Crippen LogP) is 1.78. The average Bonchev–Trinajstić information content (AvgIpc) is 2.29. The number of ether oxygens (including phenoxy) is 1. The first-order valence-corrected chi connectivity index (χ1v) is 5.04. The molecule has 3 nitrogen and oxygen atoms in total. The van der Waals surface area contributed by atoms with Crippen molar-refractivity contribution >= 4 is 12.1 Å². The second-order valence-corrected chi connectivity index (χ2v) is 3.57. The summed E-state index contributed by atoms with van der Waals surface area (Å²) in [6.45, 7) is 0.745. The molecule has 1 heterocycles. The first-order chi connectivity index (χ1) is 7.31. The summed E-state index contributed by atoms with van der Waals surface area (Å²) >= 11 is 0. The van der Waals surface area contributed by atoms with E-state index in [1.807, 2.05) is 12.1 Å². The van der Waals surface area contributed by atoms with Gasteiger partial charge in [-0.1, -0.05) is 0 Å². The Morgan fingerprint density at radius 1 is 1.47 bits per heavy atom. The molecule has 0 fully saturated rings. The Kier molecular flexibility index (Phi) is 2.81. The molecule has 0 aromatic heterocycles. The lowest BCUT2D eigenvalue weighted by molar-refractivity contribution is -0.107. The number of aldehydes is 1. The summed E-state index contributed by atoms with van der Waals surface area (Å²) in [6, 6.07) is 5.36. The van der Waals surface area contributed by atoms with E-state index in [1.165, 1.54) is 0 Å². The molecule has 0 saturated carbocycles. The fraction of sp³-hybridized carbons (Fsp3) is 0.333. The van der Waals surface area contributed by atoms with Gasteiger partial charge in [0.1, 0.15) is 12.0 Å². The second kappa shape index (κ2) is 4.26. The highest BCUT2D eigenvalue weighted by Gasteiger charge is 2.13. The molecule has 0 spiro atoms. The second-order valence-electron chi connectivity index (χ2n) is 3.57. The van der Waals surface area contributed by atoms with Crippen LogP contribution in [0.2, 0.25) is 0 Å². The van der Waals surface area contributed by atoms with Crippen molar-refractivity contribution in [2.45, 2.75) is 19.3 Å². The quantitative estimate of drug-likeness (QED) is 0.428. The third kappa shape index (κ3) is 2.06. The first-order valence-electron chi connectivity index (χ1n) is 5.04. The molecule has 0 saturated heterocycles. The van der Waals surface area contributed by atoms with E-state index in [2.05, 4.69) is 0 Å². The van der Waals surface area contributed by atoms with Crippen LogP contribution in [-0.2, 0) is 11.2 Å². The van der Waals surface area contributed by atoms with E-state index in [1.54, 1.807) is 6.07 Å². The summed E-state index contributed by atoms with van der Waals surface area (Å²) in [5.74, 6) is 0.738. The van der Waals surface area contributed by atoms with Gasteiger partial charge >= 0.3 is 0 Å². The number of hydrogen-bond donors (Lipinski definition) is 0. The zero-order valence-electron chi connectivity index (χ0n) is 8.36. The molecule has 0 unspecified atom stereocenters. The Labute approximate surface area is 88.1 Å². The van der Waals surface area contributed by atoms with Gasteiger partial charge in [-0.3, -0.25) is 4.79 Å². The van der Waals surface area contributed by atoms with Crippen LogP contribution in [-0.4, -0.2) is 18.7 Å². The fourth-order valence-electron chi connectivity index (χ4n) is 1.73. The SMILES string of the molecule is O=CCC(=O)c1ccc2c(c1)CCCO2. The van der Waals surface area contributed by atoms with E-state index >= 15 is 0 Å². The molecule has 0 aliphatic carbocycles. The maximum absolute atomic E-state index is 11.5. The molecule has 1 aliphatic heterocycles. The molecule has 78 valence electrons. The van der Waals surface area contributed by atoms with Crippen molar-refractivity contribution < 1.29 is 14.3 Å². The Bertz CT molecular complexity index is 396. The highest BCUT2D eigenvalue weighted by Crippen LogP contribution is 2.25. The molecular weight excluding hydrogens is 192 g/mol. The van der Waals surface area contributed by atoms with Crippen molar-refractivity contribution in [1.82, 2.24) is 0 Å². The number of carbonyl (C=O) groups is 2. The maximum atomic E-state index is 11.5. The molecule has 3 heteroatoms. The number of aryl methyl sites for hydroxylation is 1. The number of ketones is 1. The molecule has 0 bridgehead atoms. The Morgan fingerprint density at radius 2 is 2.33 bits per heavy atom. The minimum Gasteiger partial charge on any atom is -0.493 e. The van der Waals surface area contributed by atoms with Crippen molar-refractivity contribution in [3.05, 3.63) is 29.3 Å². The van der Waals surface area contributed by atoms with Gasteiger partial charge in [-0.2, -0.15) is 0 Å². The van der Waals surface area contributed by atoms with E-state index in [9.17, 15) is 9.59 Å². The third-order valence-corrected chi connectivity index (χ3v) is 2.50. The lowest BCUT2D eigenvalue weighted by Gasteiger charge is -2.17. The van der Waals surface area contributed by atoms with E-state index in [-0.39, 0.29) is 12.2 Å². The average molecular weight is 204 g/mol. The molecule has 2 rings (SSSR count). The molecule has 0 N–H and O–H groups in total. The lowest BCUT2D eigenvalue weighted by Crippen LogP contribution is -2.09. The zero-order chi connectivity index (χ0) is 10.7. The highest BCUT2D eigenvalue weighted by molar-refractivity contribution is 6.02. The van der Waals surface area contributed by atoms with Crippen molar-refractivity contribution in [2.24, 2.45) is 0 Å². The van der Waals surface area contributed by atoms with Gasteiger partial charge in [0.2, 0.25) is 0 Å². The monoisotopic (exact) mass is 204 g/mol. The molecule has 1 aromatic rings. The molecule has 0 radical (unpaired) electrons. The summed E-state index contributed by atoms with van der Waals surface area (Å²) in [7, 11) is 0. The first kappa shape index (κ1) is 9.90. The number of fused-ring (bicyclic) bond motifs is 1. The summed E-state index contributed by atoms with van der Waals surface area (Å²) in [5.41, 5.74) is 1.67. The van der Waals surface area contributed by atoms with Crippen LogP contribution in [0.3, 0.4) is 0 Å². The summed E-state index contributed by atoms with van der Waals surface area (Å²) in [6.07, 6.45) is 2.52. The zero-order valence-corrected chi connectivity index (χ0v) is 8.36. The van der Waals surface area contributed by atoms with Crippen molar-refractivity contribution in [1.29, 1.82) is 0 Å². The van der Waals surface area contributed by atoms with Gasteiger partial charge in [-0.15, -0.1) is 0 Å². The maximum Gasteiger partial charge on any atom is 0.169 e. The normalized spacial score (nSPS) is 13.9. The molecule has 1 aliphatic rings.